The van der Waals surface area contributed by atoms with Crippen LogP contribution in [0.15, 0.2) is 84.9 Å². The number of benzene rings is 3. The zero-order chi connectivity index (χ0) is 20.5. The van der Waals surface area contributed by atoms with Crippen molar-refractivity contribution in [3.8, 4) is 5.75 Å². The number of esters is 1. The van der Waals surface area contributed by atoms with Crippen LogP contribution in [-0.2, 0) is 16.1 Å². The quantitative estimate of drug-likeness (QED) is 0.471. The number of ether oxygens (including phenoxy) is 2. The molecule has 1 amide bonds. The Bertz CT molecular complexity index is 978. The summed E-state index contributed by atoms with van der Waals surface area (Å²) < 4.78 is 10.3. The van der Waals surface area contributed by atoms with Gasteiger partial charge < -0.3 is 14.8 Å². The van der Waals surface area contributed by atoms with Gasteiger partial charge in [-0.15, -0.1) is 0 Å². The lowest BCUT2D eigenvalue weighted by molar-refractivity contribution is -0.138. The fourth-order valence-electron chi connectivity index (χ4n) is 2.56. The first-order chi connectivity index (χ1) is 14.1. The van der Waals surface area contributed by atoms with Gasteiger partial charge in [-0.3, -0.25) is 4.79 Å². The van der Waals surface area contributed by atoms with Crippen molar-refractivity contribution < 1.29 is 19.1 Å². The summed E-state index contributed by atoms with van der Waals surface area (Å²) in [5.41, 5.74) is 2.94. The number of amides is 1. The summed E-state index contributed by atoms with van der Waals surface area (Å²) in [6.45, 7) is 0.131. The third-order valence-electron chi connectivity index (χ3n) is 4.16. The van der Waals surface area contributed by atoms with E-state index in [1.807, 2.05) is 54.6 Å². The second-order valence-electron chi connectivity index (χ2n) is 6.23. The van der Waals surface area contributed by atoms with Crippen LogP contribution in [-0.4, -0.2) is 19.0 Å². The molecule has 0 aliphatic heterocycles. The minimum atomic E-state index is -0.438. The highest BCUT2D eigenvalue weighted by Gasteiger charge is 2.06. The van der Waals surface area contributed by atoms with Gasteiger partial charge in [-0.2, -0.15) is 0 Å². The SMILES string of the molecule is COc1ccc(/C=C/C(=O)OCc2ccc(C(=O)Nc3ccccc3)cc2)cc1. The molecule has 0 fully saturated rings. The summed E-state index contributed by atoms with van der Waals surface area (Å²) in [4.78, 5) is 24.1. The maximum absolute atomic E-state index is 12.2. The Balaban J connectivity index is 1.49. The van der Waals surface area contributed by atoms with Crippen molar-refractivity contribution in [3.63, 3.8) is 0 Å². The molecular formula is C24H21NO4. The number of nitrogens with one attached hydrogen (secondary N) is 1. The molecule has 0 saturated carbocycles. The van der Waals surface area contributed by atoms with Crippen LogP contribution in [0.1, 0.15) is 21.5 Å². The Kier molecular flexibility index (Phi) is 6.79. The molecule has 0 aliphatic carbocycles. The number of hydrogen-bond acceptors (Lipinski definition) is 4. The number of rotatable bonds is 7. The van der Waals surface area contributed by atoms with E-state index in [1.165, 1.54) is 6.08 Å². The molecule has 0 aromatic heterocycles. The van der Waals surface area contributed by atoms with Crippen LogP contribution >= 0.6 is 0 Å². The van der Waals surface area contributed by atoms with Gasteiger partial charge in [0.1, 0.15) is 12.4 Å². The second kappa shape index (κ2) is 9.90. The number of carbonyl (C=O) groups is 2. The Morgan fingerprint density at radius 3 is 2.24 bits per heavy atom. The fourth-order valence-corrected chi connectivity index (χ4v) is 2.56. The maximum atomic E-state index is 12.2. The predicted molar refractivity (Wildman–Crippen MR) is 113 cm³/mol. The lowest BCUT2D eigenvalue weighted by atomic mass is 10.1. The number of anilines is 1. The third-order valence-corrected chi connectivity index (χ3v) is 4.16. The molecule has 0 bridgehead atoms. The lowest BCUT2D eigenvalue weighted by Gasteiger charge is -2.06. The van der Waals surface area contributed by atoms with Crippen LogP contribution in [0.2, 0.25) is 0 Å². The topological polar surface area (TPSA) is 64.6 Å². The summed E-state index contributed by atoms with van der Waals surface area (Å²) in [6.07, 6.45) is 3.06. The first kappa shape index (κ1) is 19.9. The summed E-state index contributed by atoms with van der Waals surface area (Å²) in [6, 6.07) is 23.5. The molecule has 1 N–H and O–H groups in total. The zero-order valence-electron chi connectivity index (χ0n) is 16.0. The molecule has 5 nitrogen and oxygen atoms in total. The van der Waals surface area contributed by atoms with Gasteiger partial charge in [-0.05, 0) is 53.6 Å². The van der Waals surface area contributed by atoms with E-state index in [9.17, 15) is 9.59 Å². The van der Waals surface area contributed by atoms with E-state index < -0.39 is 5.97 Å². The van der Waals surface area contributed by atoms with Crippen molar-refractivity contribution >= 4 is 23.6 Å². The molecule has 29 heavy (non-hydrogen) atoms. The highest BCUT2D eigenvalue weighted by Crippen LogP contribution is 2.13. The van der Waals surface area contributed by atoms with Crippen molar-refractivity contribution in [1.82, 2.24) is 0 Å². The highest BCUT2D eigenvalue weighted by molar-refractivity contribution is 6.04. The molecule has 146 valence electrons. The molecule has 0 spiro atoms. The number of methoxy groups -OCH3 is 1. The van der Waals surface area contributed by atoms with Gasteiger partial charge in [0.2, 0.25) is 0 Å². The largest absolute Gasteiger partial charge is 0.497 e. The predicted octanol–water partition coefficient (Wildman–Crippen LogP) is 4.70. The van der Waals surface area contributed by atoms with Gasteiger partial charge in [0.25, 0.3) is 5.91 Å². The standard InChI is InChI=1S/C24H21NO4/c1-28-22-14-9-18(10-15-22)11-16-23(26)29-17-19-7-12-20(13-8-19)24(27)25-21-5-3-2-4-6-21/h2-16H,17H2,1H3,(H,25,27)/b16-11+. The zero-order valence-corrected chi connectivity index (χ0v) is 16.0. The van der Waals surface area contributed by atoms with E-state index in [2.05, 4.69) is 5.32 Å². The van der Waals surface area contributed by atoms with Crippen LogP contribution in [0, 0.1) is 0 Å². The van der Waals surface area contributed by atoms with Crippen LogP contribution in [0.5, 0.6) is 5.75 Å². The molecule has 0 aliphatic rings. The number of para-hydroxylation sites is 1. The van der Waals surface area contributed by atoms with Gasteiger partial charge in [-0.25, -0.2) is 4.79 Å². The Labute approximate surface area is 169 Å². The van der Waals surface area contributed by atoms with Gasteiger partial charge in [-0.1, -0.05) is 42.5 Å². The van der Waals surface area contributed by atoms with Gasteiger partial charge >= 0.3 is 5.97 Å². The molecular weight excluding hydrogens is 366 g/mol. The summed E-state index contributed by atoms with van der Waals surface area (Å²) in [5, 5.41) is 2.83. The fraction of sp³-hybridized carbons (Fsp3) is 0.0833. The van der Waals surface area contributed by atoms with Crippen molar-refractivity contribution in [2.24, 2.45) is 0 Å². The summed E-state index contributed by atoms with van der Waals surface area (Å²) in [5.74, 6) is 0.125. The van der Waals surface area contributed by atoms with Crippen LogP contribution in [0.25, 0.3) is 6.08 Å². The lowest BCUT2D eigenvalue weighted by Crippen LogP contribution is -2.11. The molecule has 0 radical (unpaired) electrons. The third kappa shape index (κ3) is 6.07. The number of hydrogen-bond donors (Lipinski definition) is 1. The van der Waals surface area contributed by atoms with Crippen molar-refractivity contribution in [1.29, 1.82) is 0 Å². The first-order valence-corrected chi connectivity index (χ1v) is 9.08. The normalized spacial score (nSPS) is 10.5. The van der Waals surface area contributed by atoms with E-state index in [1.54, 1.807) is 37.5 Å². The molecule has 0 unspecified atom stereocenters. The monoisotopic (exact) mass is 387 g/mol. The van der Waals surface area contributed by atoms with Crippen LogP contribution in [0.4, 0.5) is 5.69 Å². The van der Waals surface area contributed by atoms with Gasteiger partial charge in [0, 0.05) is 17.3 Å². The van der Waals surface area contributed by atoms with Crippen LogP contribution in [0.3, 0.4) is 0 Å². The molecule has 0 atom stereocenters. The van der Waals surface area contributed by atoms with E-state index in [4.69, 9.17) is 9.47 Å². The summed E-state index contributed by atoms with van der Waals surface area (Å²) >= 11 is 0. The van der Waals surface area contributed by atoms with E-state index in [-0.39, 0.29) is 12.5 Å². The Hall–Kier alpha value is -3.86. The van der Waals surface area contributed by atoms with E-state index in [0.717, 1.165) is 22.6 Å². The number of carbonyl (C=O) groups excluding carboxylic acids is 2. The molecule has 3 rings (SSSR count). The maximum Gasteiger partial charge on any atom is 0.331 e. The minimum Gasteiger partial charge on any atom is -0.497 e. The van der Waals surface area contributed by atoms with E-state index >= 15 is 0 Å². The van der Waals surface area contributed by atoms with Crippen molar-refractivity contribution in [3.05, 3.63) is 102 Å². The molecule has 0 saturated heterocycles. The molecule has 0 heterocycles. The minimum absolute atomic E-state index is 0.131. The average molecular weight is 387 g/mol. The molecule has 5 heteroatoms. The first-order valence-electron chi connectivity index (χ1n) is 9.08. The average Bonchev–Trinajstić information content (AvgIpc) is 2.77. The highest BCUT2D eigenvalue weighted by atomic mass is 16.5. The van der Waals surface area contributed by atoms with Gasteiger partial charge in [0.05, 0.1) is 7.11 Å². The van der Waals surface area contributed by atoms with Crippen molar-refractivity contribution in [2.45, 2.75) is 6.61 Å². The Morgan fingerprint density at radius 2 is 1.59 bits per heavy atom. The molecule has 3 aromatic carbocycles. The van der Waals surface area contributed by atoms with Crippen LogP contribution < -0.4 is 10.1 Å². The van der Waals surface area contributed by atoms with Gasteiger partial charge in [0.15, 0.2) is 0 Å². The second-order valence-corrected chi connectivity index (χ2v) is 6.23. The Morgan fingerprint density at radius 1 is 0.897 bits per heavy atom. The van der Waals surface area contributed by atoms with E-state index in [0.29, 0.717) is 5.56 Å². The summed E-state index contributed by atoms with van der Waals surface area (Å²) in [7, 11) is 1.60. The van der Waals surface area contributed by atoms with Crippen molar-refractivity contribution in [2.75, 3.05) is 12.4 Å². The molecule has 3 aromatic rings. The smallest absolute Gasteiger partial charge is 0.331 e.